The van der Waals surface area contributed by atoms with Gasteiger partial charge in [0.2, 0.25) is 0 Å². The van der Waals surface area contributed by atoms with Gasteiger partial charge in [-0.1, -0.05) is 30.3 Å². The van der Waals surface area contributed by atoms with Crippen LogP contribution in [0.2, 0.25) is 0 Å². The highest BCUT2D eigenvalue weighted by Crippen LogP contribution is 2.19. The summed E-state index contributed by atoms with van der Waals surface area (Å²) < 4.78 is 10.5. The highest BCUT2D eigenvalue weighted by Gasteiger charge is 2.08. The summed E-state index contributed by atoms with van der Waals surface area (Å²) >= 11 is 0. The molecule has 7 nitrogen and oxygen atoms in total. The molecule has 0 spiro atoms. The number of hydrogen-bond donors (Lipinski definition) is 2. The van der Waals surface area contributed by atoms with Gasteiger partial charge in [0, 0.05) is 12.1 Å². The molecular weight excluding hydrogens is 308 g/mol. The highest BCUT2D eigenvalue weighted by atomic mass is 16.5. The second-order valence-corrected chi connectivity index (χ2v) is 5.05. The van der Waals surface area contributed by atoms with Gasteiger partial charge in [0.1, 0.15) is 5.75 Å². The van der Waals surface area contributed by atoms with Gasteiger partial charge in [0.15, 0.2) is 6.61 Å². The van der Waals surface area contributed by atoms with Crippen molar-refractivity contribution < 1.29 is 14.1 Å². The van der Waals surface area contributed by atoms with Crippen molar-refractivity contribution in [2.24, 2.45) is 5.73 Å². The number of primary amides is 1. The molecule has 7 heteroatoms. The summed E-state index contributed by atoms with van der Waals surface area (Å²) in [4.78, 5) is 15.0. The van der Waals surface area contributed by atoms with E-state index in [0.717, 1.165) is 11.1 Å². The number of aromatic nitrogens is 2. The SMILES string of the molecule is NC(=O)COc1cccc(CNc2noc(-c3ccccc3)n2)c1. The number of anilines is 1. The molecule has 0 aliphatic rings. The van der Waals surface area contributed by atoms with Gasteiger partial charge in [-0.2, -0.15) is 4.98 Å². The van der Waals surface area contributed by atoms with Gasteiger partial charge >= 0.3 is 0 Å². The van der Waals surface area contributed by atoms with E-state index in [0.29, 0.717) is 24.1 Å². The molecule has 0 bridgehead atoms. The Morgan fingerprint density at radius 1 is 1.17 bits per heavy atom. The second-order valence-electron chi connectivity index (χ2n) is 5.05. The Labute approximate surface area is 138 Å². The Hall–Kier alpha value is -3.35. The summed E-state index contributed by atoms with van der Waals surface area (Å²) in [5.74, 6) is 0.916. The van der Waals surface area contributed by atoms with Crippen molar-refractivity contribution >= 4 is 11.9 Å². The summed E-state index contributed by atoms with van der Waals surface area (Å²) in [6, 6.07) is 16.9. The third-order valence-corrected chi connectivity index (χ3v) is 3.18. The average Bonchev–Trinajstić information content (AvgIpc) is 3.08. The van der Waals surface area contributed by atoms with E-state index in [4.69, 9.17) is 15.0 Å². The highest BCUT2D eigenvalue weighted by molar-refractivity contribution is 5.75. The van der Waals surface area contributed by atoms with Crippen LogP contribution in [-0.2, 0) is 11.3 Å². The first-order valence-corrected chi connectivity index (χ1v) is 7.34. The zero-order valence-corrected chi connectivity index (χ0v) is 12.8. The first-order valence-electron chi connectivity index (χ1n) is 7.34. The van der Waals surface area contributed by atoms with Gasteiger partial charge in [-0.15, -0.1) is 0 Å². The lowest BCUT2D eigenvalue weighted by Crippen LogP contribution is -2.20. The van der Waals surface area contributed by atoms with Crippen molar-refractivity contribution in [1.82, 2.24) is 10.1 Å². The van der Waals surface area contributed by atoms with Crippen LogP contribution in [0.4, 0.5) is 5.95 Å². The van der Waals surface area contributed by atoms with Gasteiger partial charge in [-0.05, 0) is 35.0 Å². The number of benzene rings is 2. The smallest absolute Gasteiger partial charge is 0.264 e. The van der Waals surface area contributed by atoms with Gasteiger partial charge < -0.3 is 20.3 Å². The van der Waals surface area contributed by atoms with Crippen molar-refractivity contribution in [3.63, 3.8) is 0 Å². The molecule has 1 aromatic heterocycles. The molecule has 0 unspecified atom stereocenters. The van der Waals surface area contributed by atoms with E-state index in [1.807, 2.05) is 48.5 Å². The Morgan fingerprint density at radius 2 is 2.00 bits per heavy atom. The van der Waals surface area contributed by atoms with Crippen LogP contribution < -0.4 is 15.8 Å². The molecule has 3 N–H and O–H groups in total. The Balaban J connectivity index is 1.61. The van der Waals surface area contributed by atoms with Crippen molar-refractivity contribution in [3.8, 4) is 17.2 Å². The van der Waals surface area contributed by atoms with E-state index in [-0.39, 0.29) is 6.61 Å². The lowest BCUT2D eigenvalue weighted by molar-refractivity contribution is -0.119. The second kappa shape index (κ2) is 7.28. The molecule has 0 aliphatic heterocycles. The molecule has 0 atom stereocenters. The van der Waals surface area contributed by atoms with E-state index in [1.165, 1.54) is 0 Å². The van der Waals surface area contributed by atoms with Crippen LogP contribution in [0.25, 0.3) is 11.5 Å². The van der Waals surface area contributed by atoms with Gasteiger partial charge in [-0.25, -0.2) is 0 Å². The van der Waals surface area contributed by atoms with E-state index in [2.05, 4.69) is 15.5 Å². The topological polar surface area (TPSA) is 103 Å². The molecule has 0 aliphatic carbocycles. The zero-order chi connectivity index (χ0) is 16.8. The van der Waals surface area contributed by atoms with E-state index in [9.17, 15) is 4.79 Å². The first-order chi connectivity index (χ1) is 11.7. The third-order valence-electron chi connectivity index (χ3n) is 3.18. The van der Waals surface area contributed by atoms with Crippen molar-refractivity contribution in [1.29, 1.82) is 0 Å². The maximum Gasteiger partial charge on any atom is 0.264 e. The predicted molar refractivity (Wildman–Crippen MR) is 88.2 cm³/mol. The van der Waals surface area contributed by atoms with Crippen LogP contribution in [0, 0.1) is 0 Å². The standard InChI is InChI=1S/C17H16N4O3/c18-15(22)11-23-14-8-4-5-12(9-14)10-19-17-20-16(24-21-17)13-6-2-1-3-7-13/h1-9H,10-11H2,(H2,18,22)(H,19,21). The summed E-state index contributed by atoms with van der Waals surface area (Å²) in [7, 11) is 0. The number of amides is 1. The summed E-state index contributed by atoms with van der Waals surface area (Å²) in [5, 5.41) is 6.98. The normalized spacial score (nSPS) is 10.3. The Morgan fingerprint density at radius 3 is 2.79 bits per heavy atom. The van der Waals surface area contributed by atoms with Gasteiger partial charge in [0.05, 0.1) is 0 Å². The fourth-order valence-electron chi connectivity index (χ4n) is 2.07. The number of nitrogens with zero attached hydrogens (tertiary/aromatic N) is 2. The lowest BCUT2D eigenvalue weighted by atomic mass is 10.2. The molecule has 0 saturated heterocycles. The molecule has 3 aromatic rings. The van der Waals surface area contributed by atoms with Crippen LogP contribution >= 0.6 is 0 Å². The molecule has 1 amide bonds. The maximum atomic E-state index is 10.7. The minimum absolute atomic E-state index is 0.151. The fourth-order valence-corrected chi connectivity index (χ4v) is 2.07. The Bertz CT molecular complexity index is 817. The predicted octanol–water partition coefficient (Wildman–Crippen LogP) is 2.21. The quantitative estimate of drug-likeness (QED) is 0.690. The zero-order valence-electron chi connectivity index (χ0n) is 12.8. The van der Waals surface area contributed by atoms with Gasteiger partial charge in [0.25, 0.3) is 17.7 Å². The van der Waals surface area contributed by atoms with E-state index >= 15 is 0 Å². The molecule has 0 saturated carbocycles. The van der Waals surface area contributed by atoms with Crippen molar-refractivity contribution in [2.45, 2.75) is 6.54 Å². The van der Waals surface area contributed by atoms with Crippen LogP contribution in [0.5, 0.6) is 5.75 Å². The number of nitrogens with one attached hydrogen (secondary N) is 1. The third kappa shape index (κ3) is 4.10. The minimum atomic E-state index is -0.515. The summed E-state index contributed by atoms with van der Waals surface area (Å²) in [6.45, 7) is 0.337. The minimum Gasteiger partial charge on any atom is -0.484 e. The number of carbonyl (C=O) groups is 1. The number of rotatable bonds is 7. The monoisotopic (exact) mass is 324 g/mol. The number of carbonyl (C=O) groups excluding carboxylic acids is 1. The number of ether oxygens (including phenoxy) is 1. The largest absolute Gasteiger partial charge is 0.484 e. The summed E-state index contributed by atoms with van der Waals surface area (Å²) in [5.41, 5.74) is 6.87. The number of nitrogens with two attached hydrogens (primary N) is 1. The first kappa shape index (κ1) is 15.5. The van der Waals surface area contributed by atoms with E-state index in [1.54, 1.807) is 6.07 Å². The van der Waals surface area contributed by atoms with Crippen LogP contribution in [-0.4, -0.2) is 22.7 Å². The maximum absolute atomic E-state index is 10.7. The molecule has 0 fully saturated rings. The van der Waals surface area contributed by atoms with Crippen LogP contribution in [0.1, 0.15) is 5.56 Å². The molecule has 0 radical (unpaired) electrons. The average molecular weight is 324 g/mol. The van der Waals surface area contributed by atoms with Crippen molar-refractivity contribution in [2.75, 3.05) is 11.9 Å². The molecule has 2 aromatic carbocycles. The van der Waals surface area contributed by atoms with Crippen molar-refractivity contribution in [3.05, 3.63) is 60.2 Å². The summed E-state index contributed by atoms with van der Waals surface area (Å²) in [6.07, 6.45) is 0. The molecule has 1 heterocycles. The molecule has 122 valence electrons. The lowest BCUT2D eigenvalue weighted by Gasteiger charge is -2.06. The molecular formula is C17H16N4O3. The number of hydrogen-bond acceptors (Lipinski definition) is 6. The van der Waals surface area contributed by atoms with E-state index < -0.39 is 5.91 Å². The molecule has 3 rings (SSSR count). The van der Waals surface area contributed by atoms with Gasteiger partial charge in [-0.3, -0.25) is 4.79 Å². The van der Waals surface area contributed by atoms with Crippen LogP contribution in [0.3, 0.4) is 0 Å². The Kier molecular flexibility index (Phi) is 4.71. The fraction of sp³-hybridized carbons (Fsp3) is 0.118. The molecule has 24 heavy (non-hydrogen) atoms. The van der Waals surface area contributed by atoms with Crippen LogP contribution in [0.15, 0.2) is 59.1 Å².